The summed E-state index contributed by atoms with van der Waals surface area (Å²) in [5, 5.41) is 0. The van der Waals surface area contributed by atoms with Crippen molar-refractivity contribution in [1.82, 2.24) is 9.55 Å². The standard InChI is InChI=1S/C20H15BrN2/c1-14-9-11-17(12-10-14)23-19-8-3-2-7-18(19)22-20(23)15-5-4-6-16(21)13-15/h2-13H,1H3. The molecule has 0 aliphatic heterocycles. The SMILES string of the molecule is Cc1ccc(-n2c(-c3cccc(Br)c3)nc3ccccc32)cc1. The largest absolute Gasteiger partial charge is 0.292 e. The van der Waals surface area contributed by atoms with Crippen molar-refractivity contribution in [2.24, 2.45) is 0 Å². The van der Waals surface area contributed by atoms with Gasteiger partial charge in [-0.05, 0) is 43.3 Å². The summed E-state index contributed by atoms with van der Waals surface area (Å²) in [4.78, 5) is 4.86. The van der Waals surface area contributed by atoms with Crippen LogP contribution >= 0.6 is 15.9 Å². The van der Waals surface area contributed by atoms with Crippen LogP contribution in [-0.2, 0) is 0 Å². The van der Waals surface area contributed by atoms with Crippen molar-refractivity contribution >= 4 is 27.0 Å². The zero-order chi connectivity index (χ0) is 15.8. The molecule has 0 aliphatic rings. The van der Waals surface area contributed by atoms with Crippen LogP contribution in [0.5, 0.6) is 0 Å². The van der Waals surface area contributed by atoms with Gasteiger partial charge in [0.15, 0.2) is 0 Å². The first-order valence-electron chi connectivity index (χ1n) is 7.53. The van der Waals surface area contributed by atoms with Crippen molar-refractivity contribution < 1.29 is 0 Å². The van der Waals surface area contributed by atoms with Gasteiger partial charge in [0.1, 0.15) is 5.82 Å². The Labute approximate surface area is 143 Å². The van der Waals surface area contributed by atoms with Crippen molar-refractivity contribution in [3.63, 3.8) is 0 Å². The molecule has 0 spiro atoms. The first-order valence-corrected chi connectivity index (χ1v) is 8.32. The molecule has 112 valence electrons. The van der Waals surface area contributed by atoms with E-state index < -0.39 is 0 Å². The topological polar surface area (TPSA) is 17.8 Å². The zero-order valence-corrected chi connectivity index (χ0v) is 14.3. The summed E-state index contributed by atoms with van der Waals surface area (Å²) < 4.78 is 3.27. The third kappa shape index (κ3) is 2.57. The lowest BCUT2D eigenvalue weighted by atomic mass is 10.2. The Kier molecular flexibility index (Phi) is 3.50. The van der Waals surface area contributed by atoms with E-state index in [-0.39, 0.29) is 0 Å². The highest BCUT2D eigenvalue weighted by molar-refractivity contribution is 9.10. The molecule has 0 saturated heterocycles. The number of fused-ring (bicyclic) bond motifs is 1. The summed E-state index contributed by atoms with van der Waals surface area (Å²) in [6.07, 6.45) is 0. The summed E-state index contributed by atoms with van der Waals surface area (Å²) in [5.74, 6) is 0.955. The minimum absolute atomic E-state index is 0.955. The Morgan fingerprint density at radius 1 is 0.870 bits per heavy atom. The van der Waals surface area contributed by atoms with E-state index in [1.807, 2.05) is 18.2 Å². The van der Waals surface area contributed by atoms with E-state index in [2.05, 4.69) is 82.0 Å². The van der Waals surface area contributed by atoms with Crippen molar-refractivity contribution in [2.75, 3.05) is 0 Å². The molecule has 0 fully saturated rings. The summed E-state index contributed by atoms with van der Waals surface area (Å²) in [7, 11) is 0. The van der Waals surface area contributed by atoms with Gasteiger partial charge in [0.25, 0.3) is 0 Å². The molecule has 0 saturated carbocycles. The van der Waals surface area contributed by atoms with Crippen molar-refractivity contribution in [2.45, 2.75) is 6.92 Å². The molecule has 0 aliphatic carbocycles. The molecular formula is C20H15BrN2. The van der Waals surface area contributed by atoms with E-state index in [0.29, 0.717) is 0 Å². The van der Waals surface area contributed by atoms with Gasteiger partial charge in [0.05, 0.1) is 11.0 Å². The fourth-order valence-electron chi connectivity index (χ4n) is 2.80. The van der Waals surface area contributed by atoms with Gasteiger partial charge in [-0.15, -0.1) is 0 Å². The Hall–Kier alpha value is -2.39. The molecule has 0 unspecified atom stereocenters. The molecule has 23 heavy (non-hydrogen) atoms. The molecule has 1 aromatic heterocycles. The predicted molar refractivity (Wildman–Crippen MR) is 98.9 cm³/mol. The summed E-state index contributed by atoms with van der Waals surface area (Å²) in [5.41, 5.74) is 5.59. The number of para-hydroxylation sites is 2. The van der Waals surface area contributed by atoms with Gasteiger partial charge in [0.2, 0.25) is 0 Å². The third-order valence-electron chi connectivity index (χ3n) is 3.94. The number of aryl methyl sites for hydroxylation is 1. The highest BCUT2D eigenvalue weighted by atomic mass is 79.9. The second kappa shape index (κ2) is 5.67. The van der Waals surface area contributed by atoms with Crippen LogP contribution in [0.25, 0.3) is 28.1 Å². The lowest BCUT2D eigenvalue weighted by Gasteiger charge is -2.10. The van der Waals surface area contributed by atoms with Crippen LogP contribution in [0.2, 0.25) is 0 Å². The molecule has 0 N–H and O–H groups in total. The fourth-order valence-corrected chi connectivity index (χ4v) is 3.20. The van der Waals surface area contributed by atoms with Gasteiger partial charge < -0.3 is 0 Å². The van der Waals surface area contributed by atoms with Crippen molar-refractivity contribution in [3.8, 4) is 17.1 Å². The maximum atomic E-state index is 4.86. The average Bonchev–Trinajstić information content (AvgIpc) is 2.95. The van der Waals surface area contributed by atoms with Crippen LogP contribution < -0.4 is 0 Å². The molecule has 3 aromatic carbocycles. The number of nitrogens with zero attached hydrogens (tertiary/aromatic N) is 2. The van der Waals surface area contributed by atoms with Crippen LogP contribution in [-0.4, -0.2) is 9.55 Å². The average molecular weight is 363 g/mol. The smallest absolute Gasteiger partial charge is 0.145 e. The number of benzene rings is 3. The maximum Gasteiger partial charge on any atom is 0.145 e. The monoisotopic (exact) mass is 362 g/mol. The number of rotatable bonds is 2. The van der Waals surface area contributed by atoms with E-state index in [9.17, 15) is 0 Å². The molecule has 4 rings (SSSR count). The Bertz CT molecular complexity index is 984. The van der Waals surface area contributed by atoms with Crippen molar-refractivity contribution in [3.05, 3.63) is 82.8 Å². The predicted octanol–water partition coefficient (Wildman–Crippen LogP) is 5.76. The van der Waals surface area contributed by atoms with Gasteiger partial charge in [-0.1, -0.05) is 57.9 Å². The summed E-state index contributed by atoms with van der Waals surface area (Å²) >= 11 is 3.56. The third-order valence-corrected chi connectivity index (χ3v) is 4.43. The van der Waals surface area contributed by atoms with E-state index in [1.54, 1.807) is 0 Å². The normalized spacial score (nSPS) is 11.0. The highest BCUT2D eigenvalue weighted by Gasteiger charge is 2.14. The lowest BCUT2D eigenvalue weighted by Crippen LogP contribution is -1.97. The molecule has 0 atom stereocenters. The molecule has 1 heterocycles. The molecule has 0 radical (unpaired) electrons. The van der Waals surface area contributed by atoms with E-state index in [4.69, 9.17) is 4.98 Å². The quantitative estimate of drug-likeness (QED) is 0.443. The molecule has 4 aromatic rings. The van der Waals surface area contributed by atoms with E-state index in [1.165, 1.54) is 5.56 Å². The minimum Gasteiger partial charge on any atom is -0.292 e. The molecular weight excluding hydrogens is 348 g/mol. The Morgan fingerprint density at radius 3 is 2.43 bits per heavy atom. The second-order valence-electron chi connectivity index (χ2n) is 5.61. The van der Waals surface area contributed by atoms with Crippen LogP contribution in [0.4, 0.5) is 0 Å². The first-order chi connectivity index (χ1) is 11.2. The molecule has 0 bridgehead atoms. The minimum atomic E-state index is 0.955. The second-order valence-corrected chi connectivity index (χ2v) is 6.52. The van der Waals surface area contributed by atoms with Gasteiger partial charge in [-0.25, -0.2) is 4.98 Å². The fraction of sp³-hybridized carbons (Fsp3) is 0.0500. The number of hydrogen-bond donors (Lipinski definition) is 0. The number of aromatic nitrogens is 2. The maximum absolute atomic E-state index is 4.86. The van der Waals surface area contributed by atoms with Crippen LogP contribution in [0, 0.1) is 6.92 Å². The van der Waals surface area contributed by atoms with Crippen LogP contribution in [0.3, 0.4) is 0 Å². The number of hydrogen-bond acceptors (Lipinski definition) is 1. The zero-order valence-electron chi connectivity index (χ0n) is 12.7. The van der Waals surface area contributed by atoms with E-state index in [0.717, 1.165) is 32.6 Å². The van der Waals surface area contributed by atoms with Crippen molar-refractivity contribution in [1.29, 1.82) is 0 Å². The Balaban J connectivity index is 2.04. The lowest BCUT2D eigenvalue weighted by molar-refractivity contribution is 1.10. The van der Waals surface area contributed by atoms with Crippen LogP contribution in [0.1, 0.15) is 5.56 Å². The highest BCUT2D eigenvalue weighted by Crippen LogP contribution is 2.29. The summed E-state index contributed by atoms with van der Waals surface area (Å²) in [6, 6.07) is 25.1. The molecule has 3 heteroatoms. The first kappa shape index (κ1) is 14.2. The van der Waals surface area contributed by atoms with Gasteiger partial charge >= 0.3 is 0 Å². The van der Waals surface area contributed by atoms with Gasteiger partial charge in [0, 0.05) is 15.7 Å². The Morgan fingerprint density at radius 2 is 1.65 bits per heavy atom. The van der Waals surface area contributed by atoms with Gasteiger partial charge in [-0.2, -0.15) is 0 Å². The number of imidazole rings is 1. The van der Waals surface area contributed by atoms with Crippen LogP contribution in [0.15, 0.2) is 77.3 Å². The summed E-state index contributed by atoms with van der Waals surface area (Å²) in [6.45, 7) is 2.10. The molecule has 0 amide bonds. The number of halogens is 1. The van der Waals surface area contributed by atoms with E-state index >= 15 is 0 Å². The molecule has 2 nitrogen and oxygen atoms in total. The van der Waals surface area contributed by atoms with Gasteiger partial charge in [-0.3, -0.25) is 4.57 Å².